The molecule has 0 aliphatic carbocycles. The number of rotatable bonds is 5. The average Bonchev–Trinajstić information content (AvgIpc) is 2.39. The monoisotopic (exact) mass is 256 g/mol. The fraction of sp³-hybridized carbons (Fsp3) is 0.273. The Morgan fingerprint density at radius 2 is 2.00 bits per heavy atom. The molecule has 0 saturated carbocycles. The second kappa shape index (κ2) is 6.88. The number of halogens is 1. The van der Waals surface area contributed by atoms with Gasteiger partial charge in [0.25, 0.3) is 5.91 Å². The van der Waals surface area contributed by atoms with Gasteiger partial charge in [0.15, 0.2) is 0 Å². The molecule has 0 aromatic heterocycles. The molecule has 1 amide bonds. The van der Waals surface area contributed by atoms with Crippen LogP contribution in [0.3, 0.4) is 0 Å². The van der Waals surface area contributed by atoms with Crippen LogP contribution in [-0.4, -0.2) is 31.6 Å². The lowest BCUT2D eigenvalue weighted by Gasteiger charge is -2.12. The van der Waals surface area contributed by atoms with Crippen molar-refractivity contribution < 1.29 is 14.3 Å². The van der Waals surface area contributed by atoms with Gasteiger partial charge in [-0.05, 0) is 23.9 Å². The Balaban J connectivity index is 2.50. The zero-order valence-electron chi connectivity index (χ0n) is 9.27. The van der Waals surface area contributed by atoms with Crippen molar-refractivity contribution in [2.75, 3.05) is 13.7 Å². The van der Waals surface area contributed by atoms with E-state index in [0.29, 0.717) is 5.56 Å². The first-order valence-electron chi connectivity index (χ1n) is 4.96. The maximum atomic E-state index is 11.6. The highest BCUT2D eigenvalue weighted by Crippen LogP contribution is 1.98. The molecule has 2 N–H and O–H groups in total. The van der Waals surface area contributed by atoms with Gasteiger partial charge in [-0.2, -0.15) is 0 Å². The van der Waals surface area contributed by atoms with Crippen molar-refractivity contribution in [2.24, 2.45) is 0 Å². The molecule has 0 heterocycles. The number of methoxy groups -OCH3 is 1. The molecule has 92 valence electrons. The highest BCUT2D eigenvalue weighted by molar-refractivity contribution is 6.14. The summed E-state index contributed by atoms with van der Waals surface area (Å²) in [5.74, 6) is -0.806. The number of esters is 1. The van der Waals surface area contributed by atoms with Crippen LogP contribution < -0.4 is 10.2 Å². The molecule has 0 saturated heterocycles. The summed E-state index contributed by atoms with van der Waals surface area (Å²) in [4.78, 5) is 25.1. The Morgan fingerprint density at radius 1 is 1.35 bits per heavy atom. The van der Waals surface area contributed by atoms with Crippen LogP contribution >= 0.6 is 11.8 Å². The molecule has 0 spiro atoms. The lowest BCUT2D eigenvalue weighted by atomic mass is 10.2. The first-order valence-corrected chi connectivity index (χ1v) is 5.34. The normalized spacial score (nSPS) is 11.6. The van der Waals surface area contributed by atoms with Crippen molar-refractivity contribution in [3.63, 3.8) is 0 Å². The smallest absolute Gasteiger partial charge is 0.325 e. The number of hydrogen-bond acceptors (Lipinski definition) is 4. The SMILES string of the molecule is COC(=O)[C@H](CNC(=O)c1ccccc1)NCl. The maximum Gasteiger partial charge on any atom is 0.325 e. The van der Waals surface area contributed by atoms with Gasteiger partial charge in [0.2, 0.25) is 0 Å². The Bertz CT molecular complexity index is 384. The van der Waals surface area contributed by atoms with E-state index in [0.717, 1.165) is 0 Å². The number of hydrogen-bond donors (Lipinski definition) is 2. The molecular weight excluding hydrogens is 244 g/mol. The van der Waals surface area contributed by atoms with Crippen LogP contribution in [0.1, 0.15) is 10.4 Å². The molecule has 1 aromatic carbocycles. The second-order valence-electron chi connectivity index (χ2n) is 3.26. The van der Waals surface area contributed by atoms with Crippen LogP contribution in [0.4, 0.5) is 0 Å². The molecule has 0 unspecified atom stereocenters. The Labute approximate surface area is 104 Å². The Hall–Kier alpha value is -1.59. The van der Waals surface area contributed by atoms with Gasteiger partial charge in [-0.25, -0.2) is 4.84 Å². The average molecular weight is 257 g/mol. The quantitative estimate of drug-likeness (QED) is 0.601. The molecule has 5 nitrogen and oxygen atoms in total. The summed E-state index contributed by atoms with van der Waals surface area (Å²) in [6, 6.07) is 7.91. The molecule has 0 radical (unpaired) electrons. The van der Waals surface area contributed by atoms with E-state index in [4.69, 9.17) is 11.8 Å². The highest BCUT2D eigenvalue weighted by atomic mass is 35.5. The first-order chi connectivity index (χ1) is 8.19. The molecule has 0 aliphatic heterocycles. The van der Waals surface area contributed by atoms with Crippen LogP contribution in [0.2, 0.25) is 0 Å². The standard InChI is InChI=1S/C11H13ClN2O3/c1-17-11(16)9(14-12)7-13-10(15)8-5-3-2-4-6-8/h2-6,9,14H,7H2,1H3,(H,13,15)/t9-/m0/s1. The van der Waals surface area contributed by atoms with Crippen molar-refractivity contribution in [3.8, 4) is 0 Å². The molecule has 1 aromatic rings. The maximum absolute atomic E-state index is 11.6. The number of benzene rings is 1. The van der Waals surface area contributed by atoms with E-state index in [2.05, 4.69) is 14.9 Å². The second-order valence-corrected chi connectivity index (χ2v) is 3.48. The number of nitrogens with one attached hydrogen (secondary N) is 2. The van der Waals surface area contributed by atoms with Gasteiger partial charge < -0.3 is 10.1 Å². The van der Waals surface area contributed by atoms with Gasteiger partial charge in [-0.15, -0.1) is 0 Å². The largest absolute Gasteiger partial charge is 0.468 e. The van der Waals surface area contributed by atoms with Crippen LogP contribution in [0.5, 0.6) is 0 Å². The predicted octanol–water partition coefficient (Wildman–Crippen LogP) is 0.701. The lowest BCUT2D eigenvalue weighted by Crippen LogP contribution is -2.43. The van der Waals surface area contributed by atoms with E-state index in [1.165, 1.54) is 7.11 Å². The van der Waals surface area contributed by atoms with Crippen molar-refractivity contribution in [1.82, 2.24) is 10.2 Å². The zero-order valence-corrected chi connectivity index (χ0v) is 10.0. The summed E-state index contributed by atoms with van der Waals surface area (Å²) < 4.78 is 4.50. The summed E-state index contributed by atoms with van der Waals surface area (Å²) in [5.41, 5.74) is 0.519. The molecule has 0 aliphatic rings. The van der Waals surface area contributed by atoms with Gasteiger partial charge in [-0.3, -0.25) is 9.59 Å². The van der Waals surface area contributed by atoms with Crippen LogP contribution in [-0.2, 0) is 9.53 Å². The summed E-state index contributed by atoms with van der Waals surface area (Å²) in [6.45, 7) is 0.0594. The third kappa shape index (κ3) is 4.05. The van der Waals surface area contributed by atoms with E-state index in [-0.39, 0.29) is 12.5 Å². The molecule has 17 heavy (non-hydrogen) atoms. The van der Waals surface area contributed by atoms with Gasteiger partial charge in [0.1, 0.15) is 6.04 Å². The molecule has 0 fully saturated rings. The van der Waals surface area contributed by atoms with Gasteiger partial charge in [-0.1, -0.05) is 18.2 Å². The van der Waals surface area contributed by atoms with E-state index < -0.39 is 12.0 Å². The van der Waals surface area contributed by atoms with Crippen molar-refractivity contribution in [1.29, 1.82) is 0 Å². The summed E-state index contributed by atoms with van der Waals surface area (Å²) in [5, 5.41) is 2.58. The first kappa shape index (κ1) is 13.5. The van der Waals surface area contributed by atoms with Gasteiger partial charge in [0.05, 0.1) is 7.11 Å². The molecule has 0 bridgehead atoms. The van der Waals surface area contributed by atoms with Crippen molar-refractivity contribution >= 4 is 23.7 Å². The molecular formula is C11H13ClN2O3. The number of carbonyl (C=O) groups is 2. The minimum atomic E-state index is -0.769. The Morgan fingerprint density at radius 3 is 2.53 bits per heavy atom. The fourth-order valence-corrected chi connectivity index (χ4v) is 1.36. The summed E-state index contributed by atoms with van der Waals surface area (Å²) >= 11 is 5.37. The van der Waals surface area contributed by atoms with Crippen LogP contribution in [0.25, 0.3) is 0 Å². The summed E-state index contributed by atoms with van der Waals surface area (Å²) in [7, 11) is 1.25. The predicted molar refractivity (Wildman–Crippen MR) is 63.6 cm³/mol. The van der Waals surface area contributed by atoms with Crippen molar-refractivity contribution in [2.45, 2.75) is 6.04 Å². The minimum absolute atomic E-state index is 0.0594. The fourth-order valence-electron chi connectivity index (χ4n) is 1.20. The molecule has 1 rings (SSSR count). The zero-order chi connectivity index (χ0) is 12.7. The molecule has 1 atom stereocenters. The third-order valence-corrected chi connectivity index (χ3v) is 2.38. The molecule has 6 heteroatoms. The van der Waals surface area contributed by atoms with Crippen LogP contribution in [0, 0.1) is 0 Å². The van der Waals surface area contributed by atoms with Gasteiger partial charge in [0, 0.05) is 12.1 Å². The highest BCUT2D eigenvalue weighted by Gasteiger charge is 2.18. The topological polar surface area (TPSA) is 67.4 Å². The summed E-state index contributed by atoms with van der Waals surface area (Å²) in [6.07, 6.45) is 0. The van der Waals surface area contributed by atoms with E-state index >= 15 is 0 Å². The number of amides is 1. The van der Waals surface area contributed by atoms with Crippen molar-refractivity contribution in [3.05, 3.63) is 35.9 Å². The van der Waals surface area contributed by atoms with Gasteiger partial charge >= 0.3 is 5.97 Å². The minimum Gasteiger partial charge on any atom is -0.468 e. The lowest BCUT2D eigenvalue weighted by molar-refractivity contribution is -0.142. The number of carbonyl (C=O) groups excluding carboxylic acids is 2. The number of ether oxygens (including phenoxy) is 1. The third-order valence-electron chi connectivity index (χ3n) is 2.12. The van der Waals surface area contributed by atoms with E-state index in [1.54, 1.807) is 24.3 Å². The van der Waals surface area contributed by atoms with E-state index in [1.807, 2.05) is 6.07 Å². The Kier molecular flexibility index (Phi) is 5.45. The van der Waals surface area contributed by atoms with Crippen LogP contribution in [0.15, 0.2) is 30.3 Å². The van der Waals surface area contributed by atoms with E-state index in [9.17, 15) is 9.59 Å².